The molecule has 23 heavy (non-hydrogen) atoms. The molecule has 128 valence electrons. The van der Waals surface area contributed by atoms with E-state index >= 15 is 0 Å². The number of rotatable bonds is 9. The summed E-state index contributed by atoms with van der Waals surface area (Å²) in [5.41, 5.74) is 0.900. The SMILES string of the molecule is O=C(CCCCCCC(=O)C(F)(F)F)NCc1cccc(Cl)c1. The van der Waals surface area contributed by atoms with Crippen molar-refractivity contribution >= 4 is 23.3 Å². The summed E-state index contributed by atoms with van der Waals surface area (Å²) in [6.45, 7) is 0.388. The van der Waals surface area contributed by atoms with Crippen LogP contribution < -0.4 is 5.32 Å². The fourth-order valence-electron chi connectivity index (χ4n) is 2.00. The molecule has 1 N–H and O–H groups in total. The van der Waals surface area contributed by atoms with Crippen molar-refractivity contribution in [3.05, 3.63) is 34.9 Å². The molecule has 3 nitrogen and oxygen atoms in total. The zero-order chi connectivity index (χ0) is 17.3. The first-order chi connectivity index (χ1) is 10.8. The number of hydrogen-bond donors (Lipinski definition) is 1. The van der Waals surface area contributed by atoms with Gasteiger partial charge in [-0.3, -0.25) is 9.59 Å². The molecule has 0 saturated heterocycles. The summed E-state index contributed by atoms with van der Waals surface area (Å²) in [5, 5.41) is 3.36. The number of nitrogens with one attached hydrogen (secondary N) is 1. The number of unbranched alkanes of at least 4 members (excludes halogenated alkanes) is 3. The maximum atomic E-state index is 12.0. The first-order valence-electron chi connectivity index (χ1n) is 7.40. The number of benzene rings is 1. The van der Waals surface area contributed by atoms with E-state index in [1.165, 1.54) is 0 Å². The van der Waals surface area contributed by atoms with Gasteiger partial charge in [-0.05, 0) is 30.5 Å². The molecule has 0 aromatic heterocycles. The van der Waals surface area contributed by atoms with Crippen LogP contribution in [0.4, 0.5) is 13.2 Å². The van der Waals surface area contributed by atoms with E-state index in [0.29, 0.717) is 37.3 Å². The number of Topliss-reactive ketones (excluding diaryl/α,β-unsaturated/α-hetero) is 1. The maximum Gasteiger partial charge on any atom is 0.449 e. The van der Waals surface area contributed by atoms with Crippen molar-refractivity contribution in [2.24, 2.45) is 0 Å². The highest BCUT2D eigenvalue weighted by Gasteiger charge is 2.36. The molecule has 0 aliphatic carbocycles. The van der Waals surface area contributed by atoms with Gasteiger partial charge in [-0.1, -0.05) is 36.6 Å². The number of carbonyl (C=O) groups is 2. The normalized spacial score (nSPS) is 11.3. The number of alkyl halides is 3. The molecule has 0 bridgehead atoms. The van der Waals surface area contributed by atoms with Gasteiger partial charge >= 0.3 is 6.18 Å². The number of carbonyl (C=O) groups excluding carboxylic acids is 2. The Hall–Kier alpha value is -1.56. The Morgan fingerprint density at radius 3 is 2.30 bits per heavy atom. The Kier molecular flexibility index (Phi) is 8.09. The van der Waals surface area contributed by atoms with Crippen LogP contribution in [0.2, 0.25) is 5.02 Å². The average Bonchev–Trinajstić information content (AvgIpc) is 2.47. The molecular formula is C16H19ClF3NO2. The molecule has 7 heteroatoms. The van der Waals surface area contributed by atoms with Crippen LogP contribution in [0.3, 0.4) is 0 Å². The van der Waals surface area contributed by atoms with Crippen molar-refractivity contribution < 1.29 is 22.8 Å². The van der Waals surface area contributed by atoms with Gasteiger partial charge in [0, 0.05) is 24.4 Å². The summed E-state index contributed by atoms with van der Waals surface area (Å²) in [6.07, 6.45) is -3.00. The molecule has 1 aromatic rings. The van der Waals surface area contributed by atoms with Crippen molar-refractivity contribution in [3.8, 4) is 0 Å². The zero-order valence-electron chi connectivity index (χ0n) is 12.6. The van der Waals surface area contributed by atoms with Gasteiger partial charge in [0.2, 0.25) is 11.7 Å². The minimum Gasteiger partial charge on any atom is -0.352 e. The largest absolute Gasteiger partial charge is 0.449 e. The van der Waals surface area contributed by atoms with Gasteiger partial charge < -0.3 is 5.32 Å². The molecule has 0 unspecified atom stereocenters. The summed E-state index contributed by atoms with van der Waals surface area (Å²) in [7, 11) is 0. The Labute approximate surface area is 138 Å². The summed E-state index contributed by atoms with van der Waals surface area (Å²) < 4.78 is 35.9. The Bertz CT molecular complexity index is 532. The smallest absolute Gasteiger partial charge is 0.352 e. The van der Waals surface area contributed by atoms with Crippen molar-refractivity contribution in [2.45, 2.75) is 51.2 Å². The number of amides is 1. The van der Waals surface area contributed by atoms with E-state index in [0.717, 1.165) is 5.56 Å². The van der Waals surface area contributed by atoms with Crippen molar-refractivity contribution in [3.63, 3.8) is 0 Å². The van der Waals surface area contributed by atoms with E-state index in [-0.39, 0.29) is 12.3 Å². The first-order valence-corrected chi connectivity index (χ1v) is 7.78. The summed E-state index contributed by atoms with van der Waals surface area (Å²) >= 11 is 5.84. The van der Waals surface area contributed by atoms with Crippen molar-refractivity contribution in [2.75, 3.05) is 0 Å². The van der Waals surface area contributed by atoms with E-state index in [1.54, 1.807) is 18.2 Å². The van der Waals surface area contributed by atoms with Gasteiger partial charge in [-0.15, -0.1) is 0 Å². The van der Waals surface area contributed by atoms with Gasteiger partial charge in [-0.25, -0.2) is 0 Å². The highest BCUT2D eigenvalue weighted by molar-refractivity contribution is 6.30. The zero-order valence-corrected chi connectivity index (χ0v) is 13.3. The molecule has 0 aliphatic heterocycles. The third kappa shape index (κ3) is 8.59. The molecule has 0 radical (unpaired) electrons. The van der Waals surface area contributed by atoms with Crippen molar-refractivity contribution in [1.29, 1.82) is 0 Å². The second-order valence-corrected chi connectivity index (χ2v) is 5.68. The molecule has 1 rings (SSSR count). The molecule has 0 atom stereocenters. The Balaban J connectivity index is 2.07. The lowest BCUT2D eigenvalue weighted by molar-refractivity contribution is -0.171. The maximum absolute atomic E-state index is 12.0. The topological polar surface area (TPSA) is 46.2 Å². The molecule has 0 spiro atoms. The second kappa shape index (κ2) is 9.55. The van der Waals surface area contributed by atoms with Crippen LogP contribution in [0.15, 0.2) is 24.3 Å². The van der Waals surface area contributed by atoms with E-state index < -0.39 is 18.4 Å². The van der Waals surface area contributed by atoms with E-state index in [1.807, 2.05) is 6.07 Å². The van der Waals surface area contributed by atoms with Crippen LogP contribution in [0.1, 0.15) is 44.1 Å². The number of ketones is 1. The number of hydrogen-bond acceptors (Lipinski definition) is 2. The van der Waals surface area contributed by atoms with Crippen LogP contribution in [0.25, 0.3) is 0 Å². The standard InChI is InChI=1S/C16H19ClF3NO2/c17-13-7-5-6-12(10-13)11-21-15(23)9-4-2-1-3-8-14(22)16(18,19)20/h5-7,10H,1-4,8-9,11H2,(H,21,23). The quantitative estimate of drug-likeness (QED) is 0.670. The predicted molar refractivity (Wildman–Crippen MR) is 82.1 cm³/mol. The molecular weight excluding hydrogens is 331 g/mol. The van der Waals surface area contributed by atoms with Crippen molar-refractivity contribution in [1.82, 2.24) is 5.32 Å². The van der Waals surface area contributed by atoms with Crippen LogP contribution in [0, 0.1) is 0 Å². The molecule has 1 aromatic carbocycles. The number of halogens is 4. The third-order valence-electron chi connectivity index (χ3n) is 3.25. The fraction of sp³-hybridized carbons (Fsp3) is 0.500. The minimum absolute atomic E-state index is 0.114. The van der Waals surface area contributed by atoms with Gasteiger partial charge in [0.25, 0.3) is 0 Å². The third-order valence-corrected chi connectivity index (χ3v) is 3.49. The van der Waals surface area contributed by atoms with Gasteiger partial charge in [0.1, 0.15) is 0 Å². The average molecular weight is 350 g/mol. The lowest BCUT2D eigenvalue weighted by Crippen LogP contribution is -2.22. The lowest BCUT2D eigenvalue weighted by atomic mass is 10.1. The van der Waals surface area contributed by atoms with Crippen LogP contribution in [0.5, 0.6) is 0 Å². The molecule has 0 heterocycles. The summed E-state index contributed by atoms with van der Waals surface area (Å²) in [5.74, 6) is -1.80. The second-order valence-electron chi connectivity index (χ2n) is 5.24. The fourth-order valence-corrected chi connectivity index (χ4v) is 2.22. The Morgan fingerprint density at radius 2 is 1.70 bits per heavy atom. The van der Waals surface area contributed by atoms with Crippen LogP contribution in [-0.2, 0) is 16.1 Å². The molecule has 0 fully saturated rings. The monoisotopic (exact) mass is 349 g/mol. The summed E-state index contributed by atoms with van der Waals surface area (Å²) in [6, 6.07) is 7.16. The van der Waals surface area contributed by atoms with Gasteiger partial charge in [0.05, 0.1) is 0 Å². The lowest BCUT2D eigenvalue weighted by Gasteiger charge is -2.06. The van der Waals surface area contributed by atoms with Gasteiger partial charge in [-0.2, -0.15) is 13.2 Å². The molecule has 0 aliphatic rings. The van der Waals surface area contributed by atoms with Crippen LogP contribution in [-0.4, -0.2) is 17.9 Å². The minimum atomic E-state index is -4.74. The Morgan fingerprint density at radius 1 is 1.04 bits per heavy atom. The highest BCUT2D eigenvalue weighted by Crippen LogP contribution is 2.19. The van der Waals surface area contributed by atoms with E-state index in [2.05, 4.69) is 5.32 Å². The highest BCUT2D eigenvalue weighted by atomic mass is 35.5. The molecule has 0 saturated carbocycles. The van der Waals surface area contributed by atoms with Gasteiger partial charge in [0.15, 0.2) is 0 Å². The molecule has 1 amide bonds. The first kappa shape index (κ1) is 19.5. The van der Waals surface area contributed by atoms with Crippen LogP contribution >= 0.6 is 11.6 Å². The summed E-state index contributed by atoms with van der Waals surface area (Å²) in [4.78, 5) is 22.3. The van der Waals surface area contributed by atoms with E-state index in [9.17, 15) is 22.8 Å². The predicted octanol–water partition coefficient (Wildman–Crippen LogP) is 4.43. The van der Waals surface area contributed by atoms with E-state index in [4.69, 9.17) is 11.6 Å².